The van der Waals surface area contributed by atoms with Gasteiger partial charge < -0.3 is 5.21 Å². The van der Waals surface area contributed by atoms with Crippen LogP contribution in [0.4, 0.5) is 0 Å². The Hall–Kier alpha value is -1.31. The Morgan fingerprint density at radius 1 is 0.818 bits per heavy atom. The molecule has 0 aliphatic heterocycles. The van der Waals surface area contributed by atoms with Gasteiger partial charge >= 0.3 is 0 Å². The van der Waals surface area contributed by atoms with Crippen LogP contribution in [0.15, 0.2) is 29.4 Å². The molecule has 0 aliphatic carbocycles. The van der Waals surface area contributed by atoms with Gasteiger partial charge in [-0.05, 0) is 30.4 Å². The second-order valence-electron chi connectivity index (χ2n) is 6.18. The predicted molar refractivity (Wildman–Crippen MR) is 96.0 cm³/mol. The third-order valence-corrected chi connectivity index (χ3v) is 4.33. The van der Waals surface area contributed by atoms with Gasteiger partial charge in [0.2, 0.25) is 0 Å². The molecule has 124 valence electrons. The van der Waals surface area contributed by atoms with Crippen LogP contribution in [-0.2, 0) is 6.42 Å². The Kier molecular flexibility index (Phi) is 10.4. The van der Waals surface area contributed by atoms with Crippen LogP contribution in [-0.4, -0.2) is 10.9 Å². The van der Waals surface area contributed by atoms with E-state index in [1.165, 1.54) is 56.9 Å². The zero-order valence-corrected chi connectivity index (χ0v) is 14.5. The van der Waals surface area contributed by atoms with Crippen molar-refractivity contribution in [3.8, 4) is 0 Å². The van der Waals surface area contributed by atoms with Crippen LogP contribution >= 0.6 is 0 Å². The Morgan fingerprint density at radius 2 is 1.36 bits per heavy atom. The van der Waals surface area contributed by atoms with Crippen LogP contribution in [0.3, 0.4) is 0 Å². The molecule has 0 spiro atoms. The molecule has 0 fully saturated rings. The van der Waals surface area contributed by atoms with Crippen LogP contribution < -0.4 is 0 Å². The zero-order valence-electron chi connectivity index (χ0n) is 14.5. The fourth-order valence-corrected chi connectivity index (χ4v) is 2.79. The highest BCUT2D eigenvalue weighted by Crippen LogP contribution is 2.14. The first-order valence-electron chi connectivity index (χ1n) is 9.12. The lowest BCUT2D eigenvalue weighted by molar-refractivity contribution is 0.317. The minimum Gasteiger partial charge on any atom is -0.411 e. The molecule has 22 heavy (non-hydrogen) atoms. The summed E-state index contributed by atoms with van der Waals surface area (Å²) in [7, 11) is 0. The highest BCUT2D eigenvalue weighted by Gasteiger charge is 2.04. The second-order valence-corrected chi connectivity index (χ2v) is 6.18. The largest absolute Gasteiger partial charge is 0.411 e. The number of hydrogen-bond acceptors (Lipinski definition) is 2. The molecule has 0 amide bonds. The van der Waals surface area contributed by atoms with E-state index >= 15 is 0 Å². The summed E-state index contributed by atoms with van der Waals surface area (Å²) in [5.41, 5.74) is 3.20. The van der Waals surface area contributed by atoms with E-state index in [2.05, 4.69) is 43.3 Å². The maximum Gasteiger partial charge on any atom is 0.0867 e. The van der Waals surface area contributed by atoms with Crippen molar-refractivity contribution >= 4 is 5.71 Å². The summed E-state index contributed by atoms with van der Waals surface area (Å²) < 4.78 is 0. The second kappa shape index (κ2) is 12.3. The molecule has 0 aromatic heterocycles. The van der Waals surface area contributed by atoms with Gasteiger partial charge in [-0.1, -0.05) is 94.6 Å². The number of nitrogens with zero attached hydrogens (tertiary/aromatic N) is 1. The molecule has 2 nitrogen and oxygen atoms in total. The number of oxime groups is 1. The highest BCUT2D eigenvalue weighted by molar-refractivity contribution is 6.00. The molecular weight excluding hydrogens is 270 g/mol. The van der Waals surface area contributed by atoms with Crippen molar-refractivity contribution in [3.05, 3.63) is 35.4 Å². The van der Waals surface area contributed by atoms with Crippen molar-refractivity contribution in [2.75, 3.05) is 0 Å². The number of rotatable bonds is 12. The van der Waals surface area contributed by atoms with E-state index in [0.717, 1.165) is 30.5 Å². The molecule has 0 atom stereocenters. The van der Waals surface area contributed by atoms with Gasteiger partial charge in [-0.3, -0.25) is 0 Å². The monoisotopic (exact) mass is 303 g/mol. The lowest BCUT2D eigenvalue weighted by Crippen LogP contribution is -2.01. The molecule has 2 heteroatoms. The van der Waals surface area contributed by atoms with Gasteiger partial charge in [0.25, 0.3) is 0 Å². The maximum atomic E-state index is 9.22. The van der Waals surface area contributed by atoms with Gasteiger partial charge in [0.1, 0.15) is 0 Å². The van der Waals surface area contributed by atoms with E-state index in [1.54, 1.807) is 0 Å². The summed E-state index contributed by atoms with van der Waals surface area (Å²) in [6.45, 7) is 4.41. The normalized spacial score (nSPS) is 11.8. The summed E-state index contributed by atoms with van der Waals surface area (Å²) in [6, 6.07) is 8.39. The minimum absolute atomic E-state index is 0.825. The highest BCUT2D eigenvalue weighted by atomic mass is 16.4. The van der Waals surface area contributed by atoms with E-state index in [1.807, 2.05) is 0 Å². The van der Waals surface area contributed by atoms with Gasteiger partial charge in [-0.15, -0.1) is 0 Å². The number of unbranched alkanes of at least 4 members (excludes halogenated alkanes) is 8. The predicted octanol–water partition coefficient (Wildman–Crippen LogP) is 6.35. The standard InChI is InChI=1S/C20H33NO/c1-3-5-6-7-8-9-10-11-12-13-20(21-22)19-16-14-18(4-2)15-17-19/h14-17,22H,3-13H2,1-2H3. The van der Waals surface area contributed by atoms with Crippen LogP contribution in [0.5, 0.6) is 0 Å². The summed E-state index contributed by atoms with van der Waals surface area (Å²) in [6.07, 6.45) is 13.8. The summed E-state index contributed by atoms with van der Waals surface area (Å²) in [5, 5.41) is 12.7. The molecule has 0 saturated carbocycles. The van der Waals surface area contributed by atoms with E-state index < -0.39 is 0 Å². The van der Waals surface area contributed by atoms with E-state index in [4.69, 9.17) is 0 Å². The molecule has 0 aliphatic rings. The fourth-order valence-electron chi connectivity index (χ4n) is 2.79. The average molecular weight is 303 g/mol. The van der Waals surface area contributed by atoms with Crippen LogP contribution in [0.25, 0.3) is 0 Å². The lowest BCUT2D eigenvalue weighted by atomic mass is 10.0. The van der Waals surface area contributed by atoms with E-state index in [-0.39, 0.29) is 0 Å². The Bertz CT molecular complexity index is 408. The van der Waals surface area contributed by atoms with Gasteiger partial charge in [0, 0.05) is 0 Å². The first-order chi connectivity index (χ1) is 10.8. The number of aryl methyl sites for hydroxylation is 1. The Labute approximate surface area is 136 Å². The van der Waals surface area contributed by atoms with Crippen LogP contribution in [0.1, 0.15) is 89.2 Å². The summed E-state index contributed by atoms with van der Waals surface area (Å²) in [5.74, 6) is 0. The Morgan fingerprint density at radius 3 is 1.86 bits per heavy atom. The smallest absolute Gasteiger partial charge is 0.0867 e. The third-order valence-electron chi connectivity index (χ3n) is 4.33. The van der Waals surface area contributed by atoms with Crippen molar-refractivity contribution in [3.63, 3.8) is 0 Å². The SMILES string of the molecule is CCCCCCCCCCCC(=NO)c1ccc(CC)cc1. The quantitative estimate of drug-likeness (QED) is 0.207. The molecule has 1 aromatic carbocycles. The first kappa shape index (κ1) is 18.7. The molecule has 1 N–H and O–H groups in total. The van der Waals surface area contributed by atoms with Crippen molar-refractivity contribution < 1.29 is 5.21 Å². The van der Waals surface area contributed by atoms with Gasteiger partial charge in [0.15, 0.2) is 0 Å². The zero-order chi connectivity index (χ0) is 16.0. The lowest BCUT2D eigenvalue weighted by Gasteiger charge is -2.06. The topological polar surface area (TPSA) is 32.6 Å². The van der Waals surface area contributed by atoms with Crippen molar-refractivity contribution in [1.29, 1.82) is 0 Å². The van der Waals surface area contributed by atoms with Gasteiger partial charge in [0.05, 0.1) is 5.71 Å². The van der Waals surface area contributed by atoms with Crippen molar-refractivity contribution in [2.24, 2.45) is 5.16 Å². The molecule has 1 rings (SSSR count). The maximum absolute atomic E-state index is 9.22. The average Bonchev–Trinajstić information content (AvgIpc) is 2.57. The molecule has 0 unspecified atom stereocenters. The summed E-state index contributed by atoms with van der Waals surface area (Å²) >= 11 is 0. The fraction of sp³-hybridized carbons (Fsp3) is 0.650. The molecule has 1 aromatic rings. The van der Waals surface area contributed by atoms with Gasteiger partial charge in [-0.25, -0.2) is 0 Å². The molecule has 0 saturated heterocycles. The van der Waals surface area contributed by atoms with E-state index in [9.17, 15) is 5.21 Å². The summed E-state index contributed by atoms with van der Waals surface area (Å²) in [4.78, 5) is 0. The molecular formula is C20H33NO. The van der Waals surface area contributed by atoms with Gasteiger partial charge in [-0.2, -0.15) is 0 Å². The van der Waals surface area contributed by atoms with Crippen LogP contribution in [0.2, 0.25) is 0 Å². The van der Waals surface area contributed by atoms with Crippen molar-refractivity contribution in [1.82, 2.24) is 0 Å². The van der Waals surface area contributed by atoms with E-state index in [0.29, 0.717) is 0 Å². The number of hydrogen-bond donors (Lipinski definition) is 1. The minimum atomic E-state index is 0.825. The first-order valence-corrected chi connectivity index (χ1v) is 9.12. The van der Waals surface area contributed by atoms with Crippen molar-refractivity contribution in [2.45, 2.75) is 84.5 Å². The van der Waals surface area contributed by atoms with Crippen LogP contribution in [0, 0.1) is 0 Å². The third kappa shape index (κ3) is 7.63. The molecule has 0 radical (unpaired) electrons. The Balaban J connectivity index is 2.16. The number of benzene rings is 1. The molecule has 0 heterocycles. The molecule has 0 bridgehead atoms.